The smallest absolute Gasteiger partial charge is 0.193 e. The van der Waals surface area contributed by atoms with Crippen LogP contribution in [0.2, 0.25) is 0 Å². The van der Waals surface area contributed by atoms with E-state index in [4.69, 9.17) is 9.47 Å². The van der Waals surface area contributed by atoms with E-state index in [0.717, 1.165) is 63.5 Å². The van der Waals surface area contributed by atoms with E-state index in [0.29, 0.717) is 0 Å². The molecule has 3 saturated heterocycles. The number of hydrogen-bond donors (Lipinski definition) is 1. The van der Waals surface area contributed by atoms with E-state index in [9.17, 15) is 0 Å². The molecule has 3 rings (SSSR count). The number of ether oxygens (including phenoxy) is 2. The summed E-state index contributed by atoms with van der Waals surface area (Å²) in [6.45, 7) is 16.1. The van der Waals surface area contributed by atoms with Gasteiger partial charge in [0.25, 0.3) is 0 Å². The zero-order chi connectivity index (χ0) is 19.4. The molecule has 0 saturated carbocycles. The molecule has 4 atom stereocenters. The van der Waals surface area contributed by atoms with E-state index in [1.54, 1.807) is 0 Å². The maximum absolute atomic E-state index is 5.99. The van der Waals surface area contributed by atoms with Crippen molar-refractivity contribution in [2.45, 2.75) is 64.7 Å². The van der Waals surface area contributed by atoms with Gasteiger partial charge in [-0.25, -0.2) is 0 Å². The SMILES string of the molecule is CN=C(NCC(C)(C)N1CC(C)CC(C)C1)N1CCOC(C2CCCO2)C1. The van der Waals surface area contributed by atoms with Crippen LogP contribution in [0.25, 0.3) is 0 Å². The molecule has 156 valence electrons. The minimum Gasteiger partial charge on any atom is -0.375 e. The largest absolute Gasteiger partial charge is 0.375 e. The molecule has 3 aliphatic heterocycles. The molecule has 0 aliphatic carbocycles. The van der Waals surface area contributed by atoms with Crippen molar-refractivity contribution in [1.29, 1.82) is 0 Å². The molecule has 1 N–H and O–H groups in total. The molecule has 6 heteroatoms. The van der Waals surface area contributed by atoms with Gasteiger partial charge in [-0.3, -0.25) is 9.89 Å². The summed E-state index contributed by atoms with van der Waals surface area (Å²) >= 11 is 0. The van der Waals surface area contributed by atoms with Crippen LogP contribution >= 0.6 is 0 Å². The molecule has 0 radical (unpaired) electrons. The Bertz CT molecular complexity index is 494. The first kappa shape index (κ1) is 20.9. The zero-order valence-electron chi connectivity index (χ0n) is 18.0. The topological polar surface area (TPSA) is 49.3 Å². The first-order chi connectivity index (χ1) is 12.9. The van der Waals surface area contributed by atoms with Gasteiger partial charge in [0, 0.05) is 51.9 Å². The van der Waals surface area contributed by atoms with E-state index < -0.39 is 0 Å². The van der Waals surface area contributed by atoms with E-state index in [2.05, 4.69) is 47.8 Å². The summed E-state index contributed by atoms with van der Waals surface area (Å²) in [6, 6.07) is 0. The van der Waals surface area contributed by atoms with Crippen molar-refractivity contribution in [2.24, 2.45) is 16.8 Å². The van der Waals surface area contributed by atoms with Gasteiger partial charge in [-0.15, -0.1) is 0 Å². The lowest BCUT2D eigenvalue weighted by atomic mass is 9.88. The van der Waals surface area contributed by atoms with E-state index in [-0.39, 0.29) is 17.7 Å². The minimum atomic E-state index is 0.110. The molecule has 3 heterocycles. The van der Waals surface area contributed by atoms with Crippen molar-refractivity contribution < 1.29 is 9.47 Å². The Balaban J connectivity index is 1.54. The van der Waals surface area contributed by atoms with Crippen LogP contribution in [0.4, 0.5) is 0 Å². The van der Waals surface area contributed by atoms with Crippen molar-refractivity contribution in [2.75, 3.05) is 53.0 Å². The molecule has 3 fully saturated rings. The third-order valence-corrected chi connectivity index (χ3v) is 6.39. The molecule has 6 nitrogen and oxygen atoms in total. The number of morpholine rings is 1. The number of nitrogens with one attached hydrogen (secondary N) is 1. The summed E-state index contributed by atoms with van der Waals surface area (Å²) in [7, 11) is 1.89. The third kappa shape index (κ3) is 5.36. The van der Waals surface area contributed by atoms with Crippen LogP contribution in [0, 0.1) is 11.8 Å². The van der Waals surface area contributed by atoms with Crippen LogP contribution in [0.15, 0.2) is 4.99 Å². The first-order valence-corrected chi connectivity index (χ1v) is 10.8. The van der Waals surface area contributed by atoms with Crippen LogP contribution < -0.4 is 5.32 Å². The van der Waals surface area contributed by atoms with E-state index in [1.807, 2.05) is 7.05 Å². The van der Waals surface area contributed by atoms with Crippen LogP contribution in [0.5, 0.6) is 0 Å². The summed E-state index contributed by atoms with van der Waals surface area (Å²) in [5.74, 6) is 2.55. The number of guanidine groups is 1. The fraction of sp³-hybridized carbons (Fsp3) is 0.952. The van der Waals surface area contributed by atoms with Gasteiger partial charge in [-0.1, -0.05) is 13.8 Å². The van der Waals surface area contributed by atoms with Crippen LogP contribution in [-0.2, 0) is 9.47 Å². The minimum absolute atomic E-state index is 0.110. The predicted molar refractivity (Wildman–Crippen MR) is 110 cm³/mol. The lowest BCUT2D eigenvalue weighted by Gasteiger charge is -2.46. The average molecular weight is 381 g/mol. The quantitative estimate of drug-likeness (QED) is 0.599. The van der Waals surface area contributed by atoms with Gasteiger partial charge >= 0.3 is 0 Å². The molecule has 3 aliphatic rings. The Kier molecular flexibility index (Phi) is 7.03. The highest BCUT2D eigenvalue weighted by Crippen LogP contribution is 2.27. The molecular formula is C21H40N4O2. The maximum atomic E-state index is 5.99. The number of aliphatic imine (C=N–C) groups is 1. The second-order valence-corrected chi connectivity index (χ2v) is 9.47. The van der Waals surface area contributed by atoms with Crippen LogP contribution in [-0.4, -0.2) is 86.5 Å². The lowest BCUT2D eigenvalue weighted by Crippen LogP contribution is -2.59. The Morgan fingerprint density at radius 2 is 1.78 bits per heavy atom. The number of rotatable bonds is 4. The van der Waals surface area contributed by atoms with Crippen molar-refractivity contribution in [3.63, 3.8) is 0 Å². The van der Waals surface area contributed by atoms with Gasteiger partial charge in [0.1, 0.15) is 6.10 Å². The Labute approximate surface area is 165 Å². The molecule has 0 spiro atoms. The number of likely N-dealkylation sites (tertiary alicyclic amines) is 1. The molecule has 27 heavy (non-hydrogen) atoms. The van der Waals surface area contributed by atoms with Crippen molar-refractivity contribution >= 4 is 5.96 Å². The van der Waals surface area contributed by atoms with Gasteiger partial charge in [0.15, 0.2) is 5.96 Å². The number of hydrogen-bond acceptors (Lipinski definition) is 4. The van der Waals surface area contributed by atoms with Crippen LogP contribution in [0.3, 0.4) is 0 Å². The van der Waals surface area contributed by atoms with Gasteiger partial charge in [0.2, 0.25) is 0 Å². The van der Waals surface area contributed by atoms with E-state index >= 15 is 0 Å². The summed E-state index contributed by atoms with van der Waals surface area (Å²) in [4.78, 5) is 9.56. The summed E-state index contributed by atoms with van der Waals surface area (Å²) in [5.41, 5.74) is 0.110. The Morgan fingerprint density at radius 3 is 2.41 bits per heavy atom. The van der Waals surface area contributed by atoms with E-state index in [1.165, 1.54) is 19.5 Å². The molecule has 0 amide bonds. The second-order valence-electron chi connectivity index (χ2n) is 9.47. The lowest BCUT2D eigenvalue weighted by molar-refractivity contribution is -0.0818. The third-order valence-electron chi connectivity index (χ3n) is 6.39. The summed E-state index contributed by atoms with van der Waals surface area (Å²) < 4.78 is 11.8. The Hall–Kier alpha value is -0.850. The Morgan fingerprint density at radius 1 is 1.07 bits per heavy atom. The predicted octanol–water partition coefficient (Wildman–Crippen LogP) is 2.20. The molecule has 0 aromatic heterocycles. The molecule has 0 bridgehead atoms. The first-order valence-electron chi connectivity index (χ1n) is 10.8. The number of nitrogens with zero attached hydrogens (tertiary/aromatic N) is 3. The number of piperidine rings is 1. The van der Waals surface area contributed by atoms with Gasteiger partial charge < -0.3 is 19.7 Å². The normalized spacial score (nSPS) is 34.1. The molecule has 0 aromatic carbocycles. The highest BCUT2D eigenvalue weighted by molar-refractivity contribution is 5.80. The standard InChI is InChI=1S/C21H40N4O2/c1-16-11-17(2)13-25(12-16)21(3,4)15-23-20(22-5)24-8-10-27-19(14-24)18-7-6-9-26-18/h16-19H,6-15H2,1-5H3,(H,22,23). The molecular weight excluding hydrogens is 340 g/mol. The van der Waals surface area contributed by atoms with Gasteiger partial charge in [0.05, 0.1) is 12.7 Å². The molecule has 0 aromatic rings. The zero-order valence-corrected chi connectivity index (χ0v) is 18.0. The van der Waals surface area contributed by atoms with Gasteiger partial charge in [-0.2, -0.15) is 0 Å². The van der Waals surface area contributed by atoms with Crippen LogP contribution in [0.1, 0.15) is 47.0 Å². The second kappa shape index (κ2) is 9.10. The average Bonchev–Trinajstić information content (AvgIpc) is 3.16. The van der Waals surface area contributed by atoms with Crippen molar-refractivity contribution in [3.8, 4) is 0 Å². The monoisotopic (exact) mass is 380 g/mol. The highest BCUT2D eigenvalue weighted by atomic mass is 16.5. The van der Waals surface area contributed by atoms with Crippen molar-refractivity contribution in [1.82, 2.24) is 15.1 Å². The fourth-order valence-electron chi connectivity index (χ4n) is 4.89. The summed E-state index contributed by atoms with van der Waals surface area (Å²) in [6.07, 6.45) is 4.02. The van der Waals surface area contributed by atoms with Gasteiger partial charge in [-0.05, 0) is 44.9 Å². The van der Waals surface area contributed by atoms with Crippen molar-refractivity contribution in [3.05, 3.63) is 0 Å². The summed E-state index contributed by atoms with van der Waals surface area (Å²) in [5, 5.41) is 3.66. The highest BCUT2D eigenvalue weighted by Gasteiger charge is 2.35. The maximum Gasteiger partial charge on any atom is 0.193 e. The molecule has 4 unspecified atom stereocenters. The fourth-order valence-corrected chi connectivity index (χ4v) is 4.89.